The van der Waals surface area contributed by atoms with Crippen LogP contribution in [0.5, 0.6) is 0 Å². The molecule has 170 valence electrons. The van der Waals surface area contributed by atoms with E-state index in [-0.39, 0.29) is 17.5 Å². The lowest BCUT2D eigenvalue weighted by Crippen LogP contribution is -2.36. The van der Waals surface area contributed by atoms with Gasteiger partial charge in [-0.3, -0.25) is 14.2 Å². The first-order chi connectivity index (χ1) is 15.5. The molecule has 0 aliphatic carbocycles. The molecule has 1 atom stereocenters. The van der Waals surface area contributed by atoms with E-state index in [0.29, 0.717) is 28.4 Å². The summed E-state index contributed by atoms with van der Waals surface area (Å²) in [6.07, 6.45) is 6.06. The van der Waals surface area contributed by atoms with Crippen molar-refractivity contribution in [1.82, 2.24) is 24.2 Å². The fourth-order valence-corrected chi connectivity index (χ4v) is 5.18. The predicted molar refractivity (Wildman–Crippen MR) is 129 cm³/mol. The van der Waals surface area contributed by atoms with Gasteiger partial charge in [-0.15, -0.1) is 0 Å². The summed E-state index contributed by atoms with van der Waals surface area (Å²) in [6, 6.07) is 7.82. The minimum absolute atomic E-state index is 0.111. The van der Waals surface area contributed by atoms with E-state index in [9.17, 15) is 9.59 Å². The molecule has 1 aliphatic rings. The summed E-state index contributed by atoms with van der Waals surface area (Å²) in [5, 5.41) is 5.59. The Morgan fingerprint density at radius 1 is 1.16 bits per heavy atom. The number of thioether (sulfide) groups is 1. The molecular formula is C24H31N5O2S. The normalized spacial score (nSPS) is 15.3. The molecule has 1 unspecified atom stereocenters. The molecule has 0 spiro atoms. The smallest absolute Gasteiger partial charge is 0.265 e. The standard InChI is InChI=1S/C24H31N5O2S/c1-4-6-12-27(13-7-5-2)21(30)14-19-16-32-24-26-22-20(23(31)28(19)24)15-25-29(22)18-10-8-17(3)9-11-18/h8-11,15,19H,4-7,12-14,16H2,1-3H3. The molecule has 1 aliphatic heterocycles. The van der Waals surface area contributed by atoms with Crippen LogP contribution in [0.4, 0.5) is 0 Å². The van der Waals surface area contributed by atoms with Crippen molar-refractivity contribution in [2.75, 3.05) is 18.8 Å². The highest BCUT2D eigenvalue weighted by molar-refractivity contribution is 7.99. The van der Waals surface area contributed by atoms with Crippen LogP contribution in [-0.2, 0) is 4.79 Å². The molecule has 32 heavy (non-hydrogen) atoms. The van der Waals surface area contributed by atoms with Crippen LogP contribution in [0.25, 0.3) is 16.7 Å². The molecule has 0 N–H and O–H groups in total. The van der Waals surface area contributed by atoms with Gasteiger partial charge in [0.2, 0.25) is 5.91 Å². The maximum Gasteiger partial charge on any atom is 0.265 e. The van der Waals surface area contributed by atoms with Gasteiger partial charge in [-0.25, -0.2) is 9.67 Å². The first-order valence-corrected chi connectivity index (χ1v) is 12.5. The molecule has 0 bridgehead atoms. The zero-order chi connectivity index (χ0) is 22.7. The Morgan fingerprint density at radius 3 is 2.50 bits per heavy atom. The molecule has 3 aromatic rings. The number of fused-ring (bicyclic) bond motifs is 2. The van der Waals surface area contributed by atoms with E-state index in [4.69, 9.17) is 4.98 Å². The van der Waals surface area contributed by atoms with Gasteiger partial charge in [-0.05, 0) is 31.9 Å². The number of amides is 1. The molecule has 7 nitrogen and oxygen atoms in total. The lowest BCUT2D eigenvalue weighted by Gasteiger charge is -2.24. The monoisotopic (exact) mass is 453 g/mol. The van der Waals surface area contributed by atoms with Gasteiger partial charge < -0.3 is 4.90 Å². The van der Waals surface area contributed by atoms with E-state index in [1.807, 2.05) is 36.1 Å². The molecule has 1 aromatic carbocycles. The molecular weight excluding hydrogens is 422 g/mol. The third-order valence-corrected chi connectivity index (χ3v) is 7.07. The molecule has 2 aromatic heterocycles. The van der Waals surface area contributed by atoms with Crippen LogP contribution in [-0.4, -0.2) is 49.0 Å². The molecule has 0 fully saturated rings. The number of aryl methyl sites for hydroxylation is 1. The number of nitrogens with zero attached hydrogens (tertiary/aromatic N) is 5. The Balaban J connectivity index is 1.61. The van der Waals surface area contributed by atoms with E-state index in [1.165, 1.54) is 0 Å². The van der Waals surface area contributed by atoms with E-state index < -0.39 is 0 Å². The minimum Gasteiger partial charge on any atom is -0.343 e. The van der Waals surface area contributed by atoms with E-state index in [2.05, 4.69) is 18.9 Å². The number of hydrogen-bond donors (Lipinski definition) is 0. The second-order valence-electron chi connectivity index (χ2n) is 8.46. The minimum atomic E-state index is -0.166. The average molecular weight is 454 g/mol. The number of benzene rings is 1. The van der Waals surface area contributed by atoms with Crippen molar-refractivity contribution in [2.45, 2.75) is 64.1 Å². The Morgan fingerprint density at radius 2 is 1.84 bits per heavy atom. The first-order valence-electron chi connectivity index (χ1n) is 11.5. The largest absolute Gasteiger partial charge is 0.343 e. The van der Waals surface area contributed by atoms with Crippen LogP contribution in [0.1, 0.15) is 57.6 Å². The Kier molecular flexibility index (Phi) is 6.98. The van der Waals surface area contributed by atoms with Gasteiger partial charge in [0.15, 0.2) is 10.8 Å². The maximum absolute atomic E-state index is 13.4. The number of carbonyl (C=O) groups is 1. The Labute approximate surface area is 192 Å². The molecule has 0 radical (unpaired) electrons. The third-order valence-electron chi connectivity index (χ3n) is 5.98. The van der Waals surface area contributed by atoms with Gasteiger partial charge in [0.25, 0.3) is 5.56 Å². The van der Waals surface area contributed by atoms with Crippen molar-refractivity contribution < 1.29 is 4.79 Å². The molecule has 0 saturated heterocycles. The summed E-state index contributed by atoms with van der Waals surface area (Å²) >= 11 is 1.54. The fraction of sp³-hybridized carbons (Fsp3) is 0.500. The van der Waals surface area contributed by atoms with Gasteiger partial charge in [-0.2, -0.15) is 5.10 Å². The summed E-state index contributed by atoms with van der Waals surface area (Å²) in [6.45, 7) is 7.89. The number of carbonyl (C=O) groups excluding carboxylic acids is 1. The van der Waals surface area contributed by atoms with E-state index >= 15 is 0 Å². The van der Waals surface area contributed by atoms with Crippen LogP contribution in [0.3, 0.4) is 0 Å². The van der Waals surface area contributed by atoms with Crippen molar-refractivity contribution in [3.63, 3.8) is 0 Å². The maximum atomic E-state index is 13.4. The SMILES string of the molecule is CCCCN(CCCC)C(=O)CC1CSc2nc3c(cnn3-c3ccc(C)cc3)c(=O)n21. The highest BCUT2D eigenvalue weighted by Gasteiger charge is 2.30. The van der Waals surface area contributed by atoms with Gasteiger partial charge >= 0.3 is 0 Å². The second-order valence-corrected chi connectivity index (χ2v) is 9.44. The first kappa shape index (κ1) is 22.6. The molecule has 1 amide bonds. The molecule has 4 rings (SSSR count). The van der Waals surface area contributed by atoms with Crippen LogP contribution in [0, 0.1) is 6.92 Å². The zero-order valence-electron chi connectivity index (χ0n) is 19.1. The highest BCUT2D eigenvalue weighted by atomic mass is 32.2. The van der Waals surface area contributed by atoms with Gasteiger partial charge in [0, 0.05) is 25.3 Å². The average Bonchev–Trinajstić information content (AvgIpc) is 3.39. The highest BCUT2D eigenvalue weighted by Crippen LogP contribution is 2.33. The number of aromatic nitrogens is 4. The van der Waals surface area contributed by atoms with Crippen molar-refractivity contribution >= 4 is 28.7 Å². The molecule has 0 saturated carbocycles. The summed E-state index contributed by atoms with van der Waals surface area (Å²) in [7, 11) is 0. The Bertz CT molecular complexity index is 1140. The van der Waals surface area contributed by atoms with Crippen LogP contribution in [0.15, 0.2) is 40.4 Å². The van der Waals surface area contributed by atoms with Crippen molar-refractivity contribution in [2.24, 2.45) is 0 Å². The summed E-state index contributed by atoms with van der Waals surface area (Å²) in [5.41, 5.74) is 2.49. The lowest BCUT2D eigenvalue weighted by molar-refractivity contribution is -0.132. The quantitative estimate of drug-likeness (QED) is 0.450. The van der Waals surface area contributed by atoms with Crippen LogP contribution >= 0.6 is 11.8 Å². The number of unbranched alkanes of at least 4 members (excludes halogenated alkanes) is 2. The number of hydrogen-bond acceptors (Lipinski definition) is 5. The molecule has 8 heteroatoms. The fourth-order valence-electron chi connectivity index (χ4n) is 4.05. The predicted octanol–water partition coefficient (Wildman–Crippen LogP) is 4.36. The van der Waals surface area contributed by atoms with Crippen molar-refractivity contribution in [3.05, 3.63) is 46.4 Å². The van der Waals surface area contributed by atoms with E-state index in [0.717, 1.165) is 50.0 Å². The van der Waals surface area contributed by atoms with Gasteiger partial charge in [0.05, 0.1) is 17.9 Å². The van der Waals surface area contributed by atoms with Gasteiger partial charge in [-0.1, -0.05) is 56.1 Å². The second kappa shape index (κ2) is 9.90. The van der Waals surface area contributed by atoms with Gasteiger partial charge in [0.1, 0.15) is 5.39 Å². The number of rotatable bonds is 9. The third kappa shape index (κ3) is 4.46. The van der Waals surface area contributed by atoms with E-state index in [1.54, 1.807) is 27.2 Å². The summed E-state index contributed by atoms with van der Waals surface area (Å²) in [4.78, 5) is 33.2. The zero-order valence-corrected chi connectivity index (χ0v) is 19.9. The Hall–Kier alpha value is -2.61. The lowest BCUT2D eigenvalue weighted by atomic mass is 10.1. The molecule has 3 heterocycles. The van der Waals surface area contributed by atoms with Crippen LogP contribution < -0.4 is 5.56 Å². The topological polar surface area (TPSA) is 73.0 Å². The van der Waals surface area contributed by atoms with Crippen LogP contribution in [0.2, 0.25) is 0 Å². The van der Waals surface area contributed by atoms with Crippen molar-refractivity contribution in [3.8, 4) is 5.69 Å². The summed E-state index contributed by atoms with van der Waals surface area (Å²) < 4.78 is 3.43. The van der Waals surface area contributed by atoms with Crippen molar-refractivity contribution in [1.29, 1.82) is 0 Å². The summed E-state index contributed by atoms with van der Waals surface area (Å²) in [5.74, 6) is 0.821.